The Balaban J connectivity index is 1.67. The van der Waals surface area contributed by atoms with Crippen LogP contribution < -0.4 is 15.8 Å². The number of anilines is 1. The van der Waals surface area contributed by atoms with Crippen molar-refractivity contribution < 1.29 is 14.3 Å². The molecule has 0 aliphatic heterocycles. The van der Waals surface area contributed by atoms with Gasteiger partial charge in [-0.3, -0.25) is 14.9 Å². The normalized spacial score (nSPS) is 10.8. The fourth-order valence-electron chi connectivity index (χ4n) is 3.02. The monoisotopic (exact) mass is 424 g/mol. The fraction of sp³-hybridized carbons (Fsp3) is 0.273. The number of nitrogens with two attached hydrogens (primary N) is 1. The second-order valence-corrected chi connectivity index (χ2v) is 7.77. The minimum atomic E-state index is -0.552. The van der Waals surface area contributed by atoms with Crippen LogP contribution >= 0.6 is 11.3 Å². The predicted molar refractivity (Wildman–Crippen MR) is 117 cm³/mol. The number of carbonyl (C=O) groups is 2. The van der Waals surface area contributed by atoms with Crippen LogP contribution in [0.4, 0.5) is 5.13 Å². The standard InChI is InChI=1S/C22H24N4O3S/c1-3-15(4-2)21-25-26-22(30-21)24-20(28)16-9-7-8-14(12-16)13-29-18-11-6-5-10-17(18)19(23)27/h5-12,15H,3-4,13H2,1-2H3,(H2,23,27)(H,24,26,28). The number of nitrogens with zero attached hydrogens (tertiary/aromatic N) is 2. The number of rotatable bonds is 9. The van der Waals surface area contributed by atoms with Crippen LogP contribution in [-0.4, -0.2) is 22.0 Å². The number of nitrogens with one attached hydrogen (secondary N) is 1. The van der Waals surface area contributed by atoms with Crippen molar-refractivity contribution in [3.05, 3.63) is 70.2 Å². The van der Waals surface area contributed by atoms with Gasteiger partial charge in [0.15, 0.2) is 0 Å². The molecule has 3 N–H and O–H groups in total. The van der Waals surface area contributed by atoms with Gasteiger partial charge in [-0.2, -0.15) is 0 Å². The molecule has 3 rings (SSSR count). The van der Waals surface area contributed by atoms with Gasteiger partial charge >= 0.3 is 0 Å². The summed E-state index contributed by atoms with van der Waals surface area (Å²) >= 11 is 1.41. The van der Waals surface area contributed by atoms with E-state index in [4.69, 9.17) is 10.5 Å². The Morgan fingerprint density at radius 1 is 1.10 bits per heavy atom. The third-order valence-electron chi connectivity index (χ3n) is 4.73. The Morgan fingerprint density at radius 3 is 2.60 bits per heavy atom. The predicted octanol–water partition coefficient (Wildman–Crippen LogP) is 4.37. The number of carbonyl (C=O) groups excluding carboxylic acids is 2. The van der Waals surface area contributed by atoms with Crippen LogP contribution in [0.15, 0.2) is 48.5 Å². The highest BCUT2D eigenvalue weighted by atomic mass is 32.1. The molecular formula is C22H24N4O3S. The lowest BCUT2D eigenvalue weighted by atomic mass is 10.1. The maximum atomic E-state index is 12.6. The lowest BCUT2D eigenvalue weighted by molar-refractivity contribution is 0.0994. The lowest BCUT2D eigenvalue weighted by Crippen LogP contribution is -2.13. The second kappa shape index (κ2) is 9.98. The Morgan fingerprint density at radius 2 is 1.87 bits per heavy atom. The number of aromatic nitrogens is 2. The molecule has 0 radical (unpaired) electrons. The quantitative estimate of drug-likeness (QED) is 0.530. The Kier molecular flexibility index (Phi) is 7.13. The molecule has 2 aromatic carbocycles. The van der Waals surface area contributed by atoms with Crippen molar-refractivity contribution in [1.29, 1.82) is 0 Å². The lowest BCUT2D eigenvalue weighted by Gasteiger charge is -2.10. The van der Waals surface area contributed by atoms with Gasteiger partial charge in [-0.05, 0) is 42.7 Å². The first kappa shape index (κ1) is 21.4. The van der Waals surface area contributed by atoms with E-state index in [1.807, 2.05) is 6.07 Å². The average Bonchev–Trinajstić information content (AvgIpc) is 3.21. The van der Waals surface area contributed by atoms with Gasteiger partial charge in [0.2, 0.25) is 5.13 Å². The van der Waals surface area contributed by atoms with E-state index in [1.165, 1.54) is 11.3 Å². The molecule has 0 fully saturated rings. The topological polar surface area (TPSA) is 107 Å². The Labute approximate surface area is 179 Å². The minimum Gasteiger partial charge on any atom is -0.488 e. The maximum absolute atomic E-state index is 12.6. The molecule has 0 bridgehead atoms. The summed E-state index contributed by atoms with van der Waals surface area (Å²) in [6, 6.07) is 13.9. The van der Waals surface area contributed by atoms with Gasteiger partial charge < -0.3 is 10.5 Å². The third kappa shape index (κ3) is 5.21. The summed E-state index contributed by atoms with van der Waals surface area (Å²) in [7, 11) is 0. The van der Waals surface area contributed by atoms with Gasteiger partial charge in [0.1, 0.15) is 17.4 Å². The average molecular weight is 425 g/mol. The van der Waals surface area contributed by atoms with Crippen LogP contribution in [0.2, 0.25) is 0 Å². The van der Waals surface area contributed by atoms with E-state index < -0.39 is 5.91 Å². The largest absolute Gasteiger partial charge is 0.488 e. The van der Waals surface area contributed by atoms with Gasteiger partial charge in [-0.15, -0.1) is 10.2 Å². The summed E-state index contributed by atoms with van der Waals surface area (Å²) in [6.07, 6.45) is 1.97. The SMILES string of the molecule is CCC(CC)c1nnc(NC(=O)c2cccc(COc3ccccc3C(N)=O)c2)s1. The van der Waals surface area contributed by atoms with E-state index in [2.05, 4.69) is 29.4 Å². The molecule has 0 aliphatic carbocycles. The smallest absolute Gasteiger partial charge is 0.257 e. The van der Waals surface area contributed by atoms with Crippen molar-refractivity contribution in [3.63, 3.8) is 0 Å². The fourth-order valence-corrected chi connectivity index (χ4v) is 4.02. The zero-order valence-electron chi connectivity index (χ0n) is 16.9. The summed E-state index contributed by atoms with van der Waals surface area (Å²) in [5.74, 6) is -0.0512. The number of hydrogen-bond donors (Lipinski definition) is 2. The van der Waals surface area contributed by atoms with Crippen molar-refractivity contribution in [2.75, 3.05) is 5.32 Å². The molecule has 1 heterocycles. The highest BCUT2D eigenvalue weighted by Gasteiger charge is 2.16. The number of primary amides is 1. The second-order valence-electron chi connectivity index (χ2n) is 6.76. The van der Waals surface area contributed by atoms with Crippen molar-refractivity contribution in [3.8, 4) is 5.75 Å². The van der Waals surface area contributed by atoms with Gasteiger partial charge in [-0.25, -0.2) is 0 Å². The first-order valence-electron chi connectivity index (χ1n) is 9.77. The van der Waals surface area contributed by atoms with E-state index in [0.29, 0.717) is 27.9 Å². The molecule has 0 atom stereocenters. The van der Waals surface area contributed by atoms with Crippen LogP contribution in [0.1, 0.15) is 63.9 Å². The summed E-state index contributed by atoms with van der Waals surface area (Å²) in [5.41, 5.74) is 6.97. The number of para-hydroxylation sites is 1. The zero-order valence-corrected chi connectivity index (χ0v) is 17.7. The van der Waals surface area contributed by atoms with E-state index in [0.717, 1.165) is 23.4 Å². The van der Waals surface area contributed by atoms with Crippen LogP contribution in [0.25, 0.3) is 0 Å². The molecule has 0 unspecified atom stereocenters. The molecule has 30 heavy (non-hydrogen) atoms. The van der Waals surface area contributed by atoms with Crippen molar-refractivity contribution in [1.82, 2.24) is 10.2 Å². The molecule has 3 aromatic rings. The molecule has 0 aliphatic rings. The Hall–Kier alpha value is -3.26. The van der Waals surface area contributed by atoms with Crippen LogP contribution in [-0.2, 0) is 6.61 Å². The first-order chi connectivity index (χ1) is 14.5. The highest BCUT2D eigenvalue weighted by Crippen LogP contribution is 2.28. The number of ether oxygens (including phenoxy) is 1. The summed E-state index contributed by atoms with van der Waals surface area (Å²) < 4.78 is 5.74. The van der Waals surface area contributed by atoms with Crippen molar-refractivity contribution in [2.24, 2.45) is 5.73 Å². The molecule has 0 saturated carbocycles. The number of benzene rings is 2. The molecule has 2 amide bonds. The van der Waals surface area contributed by atoms with Gasteiger partial charge in [-0.1, -0.05) is 49.4 Å². The van der Waals surface area contributed by atoms with E-state index in [1.54, 1.807) is 42.5 Å². The highest BCUT2D eigenvalue weighted by molar-refractivity contribution is 7.15. The van der Waals surface area contributed by atoms with E-state index in [9.17, 15) is 9.59 Å². The van der Waals surface area contributed by atoms with E-state index >= 15 is 0 Å². The molecule has 1 aromatic heterocycles. The number of hydrogen-bond acceptors (Lipinski definition) is 6. The Bertz CT molecular complexity index is 1030. The zero-order chi connectivity index (χ0) is 21.5. The molecule has 156 valence electrons. The van der Waals surface area contributed by atoms with Crippen LogP contribution in [0.3, 0.4) is 0 Å². The summed E-state index contributed by atoms with van der Waals surface area (Å²) in [4.78, 5) is 24.1. The minimum absolute atomic E-state index is 0.197. The van der Waals surface area contributed by atoms with Crippen LogP contribution in [0, 0.1) is 0 Å². The van der Waals surface area contributed by atoms with Crippen LogP contribution in [0.5, 0.6) is 5.75 Å². The molecule has 8 heteroatoms. The third-order valence-corrected chi connectivity index (χ3v) is 5.73. The summed E-state index contributed by atoms with van der Waals surface area (Å²) in [5, 5.41) is 12.5. The number of amides is 2. The summed E-state index contributed by atoms with van der Waals surface area (Å²) in [6.45, 7) is 4.43. The van der Waals surface area contributed by atoms with E-state index in [-0.39, 0.29) is 12.5 Å². The molecule has 0 spiro atoms. The molecule has 0 saturated heterocycles. The molecular weight excluding hydrogens is 400 g/mol. The van der Waals surface area contributed by atoms with Gasteiger partial charge in [0.25, 0.3) is 11.8 Å². The van der Waals surface area contributed by atoms with Gasteiger partial charge in [0, 0.05) is 11.5 Å². The maximum Gasteiger partial charge on any atom is 0.257 e. The van der Waals surface area contributed by atoms with Gasteiger partial charge in [0.05, 0.1) is 5.56 Å². The molecule has 7 nitrogen and oxygen atoms in total. The first-order valence-corrected chi connectivity index (χ1v) is 10.6. The van der Waals surface area contributed by atoms with Crippen molar-refractivity contribution >= 4 is 28.3 Å². The van der Waals surface area contributed by atoms with Crippen molar-refractivity contribution in [2.45, 2.75) is 39.2 Å².